The van der Waals surface area contributed by atoms with E-state index in [1.54, 1.807) is 0 Å². The molecule has 0 radical (unpaired) electrons. The summed E-state index contributed by atoms with van der Waals surface area (Å²) in [7, 11) is 0. The lowest BCUT2D eigenvalue weighted by Crippen LogP contribution is -2.40. The van der Waals surface area contributed by atoms with Crippen molar-refractivity contribution in [3.63, 3.8) is 0 Å². The molecule has 1 aromatic rings. The SMILES string of the molecule is CCNc1cncc(NC2CC(OCC)C2)c1. The van der Waals surface area contributed by atoms with E-state index in [9.17, 15) is 0 Å². The van der Waals surface area contributed by atoms with Crippen LogP contribution >= 0.6 is 0 Å². The average Bonchev–Trinajstić information content (AvgIpc) is 2.27. The molecular weight excluding hydrogens is 214 g/mol. The van der Waals surface area contributed by atoms with E-state index in [0.717, 1.165) is 37.4 Å². The molecule has 0 aromatic carbocycles. The third-order valence-electron chi connectivity index (χ3n) is 2.99. The summed E-state index contributed by atoms with van der Waals surface area (Å²) in [6, 6.07) is 2.63. The van der Waals surface area contributed by atoms with Crippen molar-refractivity contribution in [2.24, 2.45) is 0 Å². The molecule has 0 bridgehead atoms. The molecule has 1 aliphatic carbocycles. The van der Waals surface area contributed by atoms with E-state index in [4.69, 9.17) is 4.74 Å². The number of aromatic nitrogens is 1. The highest BCUT2D eigenvalue weighted by Gasteiger charge is 2.29. The average molecular weight is 235 g/mol. The van der Waals surface area contributed by atoms with Crippen LogP contribution < -0.4 is 10.6 Å². The number of hydrogen-bond donors (Lipinski definition) is 2. The van der Waals surface area contributed by atoms with Gasteiger partial charge in [0.15, 0.2) is 0 Å². The second kappa shape index (κ2) is 5.87. The van der Waals surface area contributed by atoms with Crippen molar-refractivity contribution < 1.29 is 4.74 Å². The topological polar surface area (TPSA) is 46.2 Å². The zero-order valence-electron chi connectivity index (χ0n) is 10.6. The predicted octanol–water partition coefficient (Wildman–Crippen LogP) is 2.49. The number of nitrogens with one attached hydrogen (secondary N) is 2. The highest BCUT2D eigenvalue weighted by molar-refractivity contribution is 5.54. The van der Waals surface area contributed by atoms with Crippen molar-refractivity contribution in [1.29, 1.82) is 0 Å². The normalized spacial score (nSPS) is 22.9. The Bertz CT molecular complexity index is 350. The molecule has 1 aromatic heterocycles. The van der Waals surface area contributed by atoms with E-state index in [-0.39, 0.29) is 0 Å². The summed E-state index contributed by atoms with van der Waals surface area (Å²) in [4.78, 5) is 4.21. The van der Waals surface area contributed by atoms with Crippen LogP contribution in [0, 0.1) is 0 Å². The van der Waals surface area contributed by atoms with Crippen molar-refractivity contribution in [3.8, 4) is 0 Å². The van der Waals surface area contributed by atoms with Crippen molar-refractivity contribution in [3.05, 3.63) is 18.5 Å². The molecule has 0 saturated heterocycles. The maximum Gasteiger partial charge on any atom is 0.0614 e. The van der Waals surface area contributed by atoms with Gasteiger partial charge in [-0.2, -0.15) is 0 Å². The van der Waals surface area contributed by atoms with Crippen molar-refractivity contribution in [1.82, 2.24) is 4.98 Å². The lowest BCUT2D eigenvalue weighted by Gasteiger charge is -2.36. The maximum atomic E-state index is 5.54. The molecule has 1 fully saturated rings. The standard InChI is InChI=1S/C13H21N3O/c1-3-15-11-5-12(9-14-8-11)16-10-6-13(7-10)17-4-2/h5,8-10,13,15-16H,3-4,6-7H2,1-2H3. The summed E-state index contributed by atoms with van der Waals surface area (Å²) in [5.41, 5.74) is 2.15. The largest absolute Gasteiger partial charge is 0.384 e. The van der Waals surface area contributed by atoms with Crippen LogP contribution in [0.15, 0.2) is 18.5 Å². The predicted molar refractivity (Wildman–Crippen MR) is 70.5 cm³/mol. The molecule has 4 heteroatoms. The lowest BCUT2D eigenvalue weighted by atomic mass is 9.89. The van der Waals surface area contributed by atoms with Crippen LogP contribution in [0.3, 0.4) is 0 Å². The number of rotatable bonds is 6. The van der Waals surface area contributed by atoms with Gasteiger partial charge >= 0.3 is 0 Å². The Morgan fingerprint density at radius 3 is 2.76 bits per heavy atom. The molecule has 2 rings (SSSR count). The number of hydrogen-bond acceptors (Lipinski definition) is 4. The van der Waals surface area contributed by atoms with Gasteiger partial charge in [-0.15, -0.1) is 0 Å². The van der Waals surface area contributed by atoms with Gasteiger partial charge < -0.3 is 15.4 Å². The molecule has 0 spiro atoms. The summed E-state index contributed by atoms with van der Waals surface area (Å²) in [6.45, 7) is 5.86. The van der Waals surface area contributed by atoms with Crippen molar-refractivity contribution in [2.75, 3.05) is 23.8 Å². The maximum absolute atomic E-state index is 5.54. The molecular formula is C13H21N3O. The van der Waals surface area contributed by atoms with E-state index in [0.29, 0.717) is 12.1 Å². The molecule has 1 saturated carbocycles. The van der Waals surface area contributed by atoms with Gasteiger partial charge in [0.1, 0.15) is 0 Å². The van der Waals surface area contributed by atoms with Crippen molar-refractivity contribution in [2.45, 2.75) is 38.8 Å². The Morgan fingerprint density at radius 2 is 2.06 bits per heavy atom. The number of nitrogens with zero attached hydrogens (tertiary/aromatic N) is 1. The highest BCUT2D eigenvalue weighted by Crippen LogP contribution is 2.27. The van der Waals surface area contributed by atoms with Crippen molar-refractivity contribution >= 4 is 11.4 Å². The Hall–Kier alpha value is -1.29. The fraction of sp³-hybridized carbons (Fsp3) is 0.615. The van der Waals surface area contributed by atoms with E-state index in [2.05, 4.69) is 28.6 Å². The third-order valence-corrected chi connectivity index (χ3v) is 2.99. The smallest absolute Gasteiger partial charge is 0.0614 e. The molecule has 17 heavy (non-hydrogen) atoms. The van der Waals surface area contributed by atoms with Gasteiger partial charge in [0.05, 0.1) is 29.9 Å². The Morgan fingerprint density at radius 1 is 1.29 bits per heavy atom. The first kappa shape index (κ1) is 12.2. The summed E-state index contributed by atoms with van der Waals surface area (Å²) in [5.74, 6) is 0. The molecule has 4 nitrogen and oxygen atoms in total. The van der Waals surface area contributed by atoms with E-state index >= 15 is 0 Å². The molecule has 0 unspecified atom stereocenters. The zero-order valence-corrected chi connectivity index (χ0v) is 10.6. The van der Waals surface area contributed by atoms with Crippen LogP contribution in [0.4, 0.5) is 11.4 Å². The van der Waals surface area contributed by atoms with Crippen LogP contribution in [0.25, 0.3) is 0 Å². The van der Waals surface area contributed by atoms with Gasteiger partial charge in [0.2, 0.25) is 0 Å². The van der Waals surface area contributed by atoms with Gasteiger partial charge in [-0.3, -0.25) is 4.98 Å². The lowest BCUT2D eigenvalue weighted by molar-refractivity contribution is 0.00299. The van der Waals surface area contributed by atoms with Crippen LogP contribution in [0.5, 0.6) is 0 Å². The number of anilines is 2. The summed E-state index contributed by atoms with van der Waals surface area (Å²) < 4.78 is 5.54. The summed E-state index contributed by atoms with van der Waals surface area (Å²) in [5, 5.41) is 6.74. The molecule has 0 amide bonds. The summed E-state index contributed by atoms with van der Waals surface area (Å²) in [6.07, 6.45) is 6.36. The minimum atomic E-state index is 0.447. The fourth-order valence-corrected chi connectivity index (χ4v) is 2.11. The number of ether oxygens (including phenoxy) is 1. The Labute approximate surface area is 103 Å². The minimum absolute atomic E-state index is 0.447. The quantitative estimate of drug-likeness (QED) is 0.795. The second-order valence-corrected chi connectivity index (χ2v) is 4.38. The third kappa shape index (κ3) is 3.33. The van der Waals surface area contributed by atoms with E-state index in [1.165, 1.54) is 0 Å². The first-order valence-electron chi connectivity index (χ1n) is 6.38. The molecule has 1 heterocycles. The van der Waals surface area contributed by atoms with Crippen LogP contribution in [-0.4, -0.2) is 30.3 Å². The first-order valence-corrected chi connectivity index (χ1v) is 6.38. The van der Waals surface area contributed by atoms with Crippen LogP contribution in [-0.2, 0) is 4.74 Å². The van der Waals surface area contributed by atoms with E-state index in [1.807, 2.05) is 19.3 Å². The molecule has 2 N–H and O–H groups in total. The Balaban J connectivity index is 1.81. The van der Waals surface area contributed by atoms with Crippen LogP contribution in [0.1, 0.15) is 26.7 Å². The van der Waals surface area contributed by atoms with Gasteiger partial charge in [0, 0.05) is 19.2 Å². The number of pyridine rings is 1. The molecule has 0 atom stereocenters. The minimum Gasteiger partial charge on any atom is -0.384 e. The molecule has 94 valence electrons. The van der Waals surface area contributed by atoms with E-state index < -0.39 is 0 Å². The highest BCUT2D eigenvalue weighted by atomic mass is 16.5. The van der Waals surface area contributed by atoms with Gasteiger partial charge in [-0.05, 0) is 32.8 Å². The zero-order chi connectivity index (χ0) is 12.1. The van der Waals surface area contributed by atoms with Gasteiger partial charge in [0.25, 0.3) is 0 Å². The molecule has 1 aliphatic rings. The van der Waals surface area contributed by atoms with Gasteiger partial charge in [-0.1, -0.05) is 0 Å². The monoisotopic (exact) mass is 235 g/mol. The van der Waals surface area contributed by atoms with Crippen LogP contribution in [0.2, 0.25) is 0 Å². The first-order chi connectivity index (χ1) is 8.31. The summed E-state index contributed by atoms with van der Waals surface area (Å²) >= 11 is 0. The fourth-order valence-electron chi connectivity index (χ4n) is 2.11. The second-order valence-electron chi connectivity index (χ2n) is 4.38. The van der Waals surface area contributed by atoms with Gasteiger partial charge in [-0.25, -0.2) is 0 Å². The Kier molecular flexibility index (Phi) is 4.20. The molecule has 0 aliphatic heterocycles.